The van der Waals surface area contributed by atoms with Crippen LogP contribution in [-0.4, -0.2) is 30.8 Å². The predicted molar refractivity (Wildman–Crippen MR) is 55.1 cm³/mol. The van der Waals surface area contributed by atoms with Gasteiger partial charge in [0.15, 0.2) is 0 Å². The topological polar surface area (TPSA) is 72.5 Å². The fraction of sp³-hybridized carbons (Fsp3) is 0.900. The molecule has 0 aromatic heterocycles. The zero-order valence-electron chi connectivity index (χ0n) is 9.08. The molecule has 3 N–H and O–H groups in total. The van der Waals surface area contributed by atoms with Crippen LogP contribution in [-0.2, 0) is 9.53 Å². The Morgan fingerprint density at radius 1 is 1.43 bits per heavy atom. The molecule has 0 aromatic carbocycles. The summed E-state index contributed by atoms with van der Waals surface area (Å²) in [5.74, 6) is -0.817. The lowest BCUT2D eigenvalue weighted by Crippen LogP contribution is -2.39. The van der Waals surface area contributed by atoms with E-state index in [1.54, 1.807) is 0 Å². The van der Waals surface area contributed by atoms with Crippen molar-refractivity contribution in [1.82, 2.24) is 0 Å². The first-order valence-electron chi connectivity index (χ1n) is 5.14. The Balaban J connectivity index is 4.02. The number of carbonyl (C=O) groups is 1. The number of hydrogen-bond acceptors (Lipinski definition) is 3. The van der Waals surface area contributed by atoms with Crippen molar-refractivity contribution in [3.05, 3.63) is 0 Å². The van der Waals surface area contributed by atoms with Crippen LogP contribution in [0.3, 0.4) is 0 Å². The molecule has 0 spiro atoms. The molecule has 0 aromatic rings. The van der Waals surface area contributed by atoms with Gasteiger partial charge >= 0.3 is 5.97 Å². The van der Waals surface area contributed by atoms with Crippen LogP contribution >= 0.6 is 0 Å². The molecule has 0 amide bonds. The van der Waals surface area contributed by atoms with Crippen molar-refractivity contribution in [2.75, 3.05) is 19.8 Å². The summed E-state index contributed by atoms with van der Waals surface area (Å²) in [6.45, 7) is 5.21. The number of nitrogens with two attached hydrogens (primary N) is 1. The summed E-state index contributed by atoms with van der Waals surface area (Å²) in [5.41, 5.74) is 4.70. The second-order valence-electron chi connectivity index (χ2n) is 3.51. The van der Waals surface area contributed by atoms with Gasteiger partial charge in [0.2, 0.25) is 0 Å². The Morgan fingerprint density at radius 2 is 2.07 bits per heavy atom. The zero-order valence-corrected chi connectivity index (χ0v) is 9.08. The highest BCUT2D eigenvalue weighted by molar-refractivity contribution is 5.74. The molecular formula is C10H21NO3. The summed E-state index contributed by atoms with van der Waals surface area (Å²) in [6.07, 6.45) is 2.00. The summed E-state index contributed by atoms with van der Waals surface area (Å²) in [5, 5.41) is 9.04. The molecule has 0 aliphatic rings. The molecule has 0 radical (unpaired) electrons. The van der Waals surface area contributed by atoms with Crippen LogP contribution in [0, 0.1) is 5.41 Å². The molecule has 4 heteroatoms. The average Bonchev–Trinajstić information content (AvgIpc) is 2.18. The van der Waals surface area contributed by atoms with E-state index in [4.69, 9.17) is 15.6 Å². The minimum absolute atomic E-state index is 0.175. The summed E-state index contributed by atoms with van der Waals surface area (Å²) < 4.78 is 5.27. The van der Waals surface area contributed by atoms with Crippen molar-refractivity contribution in [3.8, 4) is 0 Å². The number of carboxylic acids is 1. The number of ether oxygens (including phenoxy) is 1. The largest absolute Gasteiger partial charge is 0.481 e. The standard InChI is InChI=1S/C10H21NO3/c1-3-6-14-7-5-10(4-2,8-11)9(12)13/h3-8,11H2,1-2H3,(H,12,13). The van der Waals surface area contributed by atoms with Crippen LogP contribution in [0.1, 0.15) is 33.1 Å². The van der Waals surface area contributed by atoms with Crippen molar-refractivity contribution >= 4 is 5.97 Å². The molecule has 0 bridgehead atoms. The van der Waals surface area contributed by atoms with Crippen molar-refractivity contribution in [1.29, 1.82) is 0 Å². The van der Waals surface area contributed by atoms with Gasteiger partial charge in [0.05, 0.1) is 5.41 Å². The van der Waals surface area contributed by atoms with E-state index in [0.29, 0.717) is 26.1 Å². The number of hydrogen-bond donors (Lipinski definition) is 2. The van der Waals surface area contributed by atoms with Gasteiger partial charge < -0.3 is 15.6 Å². The first kappa shape index (κ1) is 13.4. The first-order chi connectivity index (χ1) is 6.63. The predicted octanol–water partition coefficient (Wildman–Crippen LogP) is 1.24. The van der Waals surface area contributed by atoms with E-state index >= 15 is 0 Å². The Morgan fingerprint density at radius 3 is 2.43 bits per heavy atom. The Bertz CT molecular complexity index is 167. The smallest absolute Gasteiger partial charge is 0.310 e. The maximum atomic E-state index is 11.0. The van der Waals surface area contributed by atoms with Gasteiger partial charge in [-0.3, -0.25) is 4.79 Å². The van der Waals surface area contributed by atoms with Crippen LogP contribution in [0.4, 0.5) is 0 Å². The lowest BCUT2D eigenvalue weighted by atomic mass is 9.82. The van der Waals surface area contributed by atoms with Gasteiger partial charge in [-0.15, -0.1) is 0 Å². The second kappa shape index (κ2) is 6.79. The molecule has 0 heterocycles. The summed E-state index contributed by atoms with van der Waals surface area (Å²) in [7, 11) is 0. The van der Waals surface area contributed by atoms with E-state index in [0.717, 1.165) is 6.42 Å². The van der Waals surface area contributed by atoms with Crippen molar-refractivity contribution in [2.24, 2.45) is 11.1 Å². The van der Waals surface area contributed by atoms with Gasteiger partial charge in [-0.25, -0.2) is 0 Å². The van der Waals surface area contributed by atoms with Crippen LogP contribution < -0.4 is 5.73 Å². The summed E-state index contributed by atoms with van der Waals surface area (Å²) in [6, 6.07) is 0. The normalized spacial score (nSPS) is 15.1. The highest BCUT2D eigenvalue weighted by atomic mass is 16.5. The minimum Gasteiger partial charge on any atom is -0.481 e. The highest BCUT2D eigenvalue weighted by Gasteiger charge is 2.34. The van der Waals surface area contributed by atoms with Gasteiger partial charge in [0, 0.05) is 19.8 Å². The number of carboxylic acid groups (broad SMARTS) is 1. The quantitative estimate of drug-likeness (QED) is 0.582. The average molecular weight is 203 g/mol. The molecule has 0 fully saturated rings. The minimum atomic E-state index is -0.817. The monoisotopic (exact) mass is 203 g/mol. The molecule has 1 unspecified atom stereocenters. The first-order valence-corrected chi connectivity index (χ1v) is 5.14. The molecular weight excluding hydrogens is 182 g/mol. The van der Waals surface area contributed by atoms with E-state index in [1.165, 1.54) is 0 Å². The highest BCUT2D eigenvalue weighted by Crippen LogP contribution is 2.25. The third-order valence-electron chi connectivity index (χ3n) is 2.59. The third kappa shape index (κ3) is 3.64. The van der Waals surface area contributed by atoms with Gasteiger partial charge in [-0.1, -0.05) is 13.8 Å². The van der Waals surface area contributed by atoms with Crippen LogP contribution in [0.5, 0.6) is 0 Å². The molecule has 0 saturated heterocycles. The third-order valence-corrected chi connectivity index (χ3v) is 2.59. The molecule has 14 heavy (non-hydrogen) atoms. The lowest BCUT2D eigenvalue weighted by Gasteiger charge is -2.26. The summed E-state index contributed by atoms with van der Waals surface area (Å²) >= 11 is 0. The lowest BCUT2D eigenvalue weighted by molar-refractivity contribution is -0.149. The fourth-order valence-corrected chi connectivity index (χ4v) is 1.28. The Labute approximate surface area is 85.4 Å². The molecule has 1 atom stereocenters. The number of aliphatic carboxylic acids is 1. The van der Waals surface area contributed by atoms with Crippen molar-refractivity contribution < 1.29 is 14.6 Å². The van der Waals surface area contributed by atoms with Gasteiger partial charge in [-0.05, 0) is 19.3 Å². The number of rotatable bonds is 8. The van der Waals surface area contributed by atoms with Crippen LogP contribution in [0.2, 0.25) is 0 Å². The van der Waals surface area contributed by atoms with E-state index in [2.05, 4.69) is 0 Å². The maximum Gasteiger partial charge on any atom is 0.310 e. The summed E-state index contributed by atoms with van der Waals surface area (Å²) in [4.78, 5) is 11.0. The van der Waals surface area contributed by atoms with Crippen molar-refractivity contribution in [2.45, 2.75) is 33.1 Å². The Hall–Kier alpha value is -0.610. The van der Waals surface area contributed by atoms with Crippen molar-refractivity contribution in [3.63, 3.8) is 0 Å². The fourth-order valence-electron chi connectivity index (χ4n) is 1.28. The van der Waals surface area contributed by atoms with E-state index < -0.39 is 11.4 Å². The maximum absolute atomic E-state index is 11.0. The second-order valence-corrected chi connectivity index (χ2v) is 3.51. The van der Waals surface area contributed by atoms with Gasteiger partial charge in [0.1, 0.15) is 0 Å². The molecule has 0 rings (SSSR count). The van der Waals surface area contributed by atoms with E-state index in [9.17, 15) is 4.79 Å². The molecule has 0 aliphatic heterocycles. The zero-order chi connectivity index (χ0) is 11.0. The molecule has 4 nitrogen and oxygen atoms in total. The molecule has 84 valence electrons. The van der Waals surface area contributed by atoms with E-state index in [-0.39, 0.29) is 6.54 Å². The van der Waals surface area contributed by atoms with Crippen LogP contribution in [0.25, 0.3) is 0 Å². The Kier molecular flexibility index (Phi) is 6.49. The van der Waals surface area contributed by atoms with Crippen LogP contribution in [0.15, 0.2) is 0 Å². The van der Waals surface area contributed by atoms with Gasteiger partial charge in [-0.2, -0.15) is 0 Å². The SMILES string of the molecule is CCCOCCC(CC)(CN)C(=O)O. The van der Waals surface area contributed by atoms with Gasteiger partial charge in [0.25, 0.3) is 0 Å². The molecule has 0 aliphatic carbocycles. The molecule has 0 saturated carbocycles. The van der Waals surface area contributed by atoms with E-state index in [1.807, 2.05) is 13.8 Å².